The van der Waals surface area contributed by atoms with Crippen molar-refractivity contribution in [3.63, 3.8) is 0 Å². The number of carbonyl (C=O) groups excluding carboxylic acids is 1. The minimum atomic E-state index is -0.868. The van der Waals surface area contributed by atoms with Crippen molar-refractivity contribution >= 4 is 5.91 Å². The lowest BCUT2D eigenvalue weighted by Crippen LogP contribution is -2.28. The molecule has 1 aliphatic carbocycles. The lowest BCUT2D eigenvalue weighted by Gasteiger charge is -2.09. The molecule has 0 radical (unpaired) electrons. The summed E-state index contributed by atoms with van der Waals surface area (Å²) in [4.78, 5) is 16.7. The van der Waals surface area contributed by atoms with E-state index in [0.29, 0.717) is 23.1 Å². The standard InChI is InChI=1S/C18H18N4O3/c23-14(15-2-1-9-25-15)10-19-18(24)13-7-5-12(6-8-13)17-20-16(21-22-17)11-3-4-11/h1-2,5-9,11,14,23H,3-4,10H2,(H,19,24)(H,20,21,22). The zero-order valence-electron chi connectivity index (χ0n) is 13.5. The normalized spacial score (nSPS) is 15.1. The van der Waals surface area contributed by atoms with Crippen LogP contribution < -0.4 is 5.32 Å². The van der Waals surface area contributed by atoms with Crippen molar-refractivity contribution in [2.75, 3.05) is 6.54 Å². The molecule has 2 aromatic heterocycles. The van der Waals surface area contributed by atoms with Crippen LogP contribution >= 0.6 is 0 Å². The highest BCUT2D eigenvalue weighted by Gasteiger charge is 2.27. The van der Waals surface area contributed by atoms with Crippen LogP contribution in [-0.2, 0) is 0 Å². The molecule has 25 heavy (non-hydrogen) atoms. The van der Waals surface area contributed by atoms with E-state index in [2.05, 4.69) is 20.5 Å². The van der Waals surface area contributed by atoms with Gasteiger partial charge in [0.2, 0.25) is 0 Å². The Morgan fingerprint density at radius 3 is 2.80 bits per heavy atom. The molecule has 3 aromatic rings. The predicted octanol–water partition coefficient (Wildman–Crippen LogP) is 2.41. The molecule has 0 saturated heterocycles. The third kappa shape index (κ3) is 3.46. The van der Waals surface area contributed by atoms with Gasteiger partial charge in [-0.25, -0.2) is 4.98 Å². The van der Waals surface area contributed by atoms with Crippen molar-refractivity contribution in [3.8, 4) is 11.4 Å². The van der Waals surface area contributed by atoms with Gasteiger partial charge >= 0.3 is 0 Å². The first-order valence-electron chi connectivity index (χ1n) is 8.23. The van der Waals surface area contributed by atoms with Crippen molar-refractivity contribution in [3.05, 3.63) is 59.8 Å². The van der Waals surface area contributed by atoms with Crippen LogP contribution in [0, 0.1) is 0 Å². The second-order valence-electron chi connectivity index (χ2n) is 6.14. The number of amides is 1. The Kier molecular flexibility index (Phi) is 4.07. The number of nitrogens with one attached hydrogen (secondary N) is 2. The van der Waals surface area contributed by atoms with E-state index >= 15 is 0 Å². The molecule has 4 rings (SSSR count). The van der Waals surface area contributed by atoms with E-state index in [9.17, 15) is 9.90 Å². The number of aliphatic hydroxyl groups is 1. The number of aliphatic hydroxyl groups excluding tert-OH is 1. The molecule has 1 saturated carbocycles. The summed E-state index contributed by atoms with van der Waals surface area (Å²) in [5.41, 5.74) is 1.36. The SMILES string of the molecule is O=C(NCC(O)c1ccco1)c1ccc(-c2n[nH]c(C3CC3)n2)cc1. The Hall–Kier alpha value is -2.93. The quantitative estimate of drug-likeness (QED) is 0.640. The van der Waals surface area contributed by atoms with Gasteiger partial charge in [-0.3, -0.25) is 9.89 Å². The fourth-order valence-electron chi connectivity index (χ4n) is 2.59. The Bertz CT molecular complexity index is 851. The van der Waals surface area contributed by atoms with Crippen molar-refractivity contribution in [2.45, 2.75) is 24.9 Å². The number of aromatic nitrogens is 3. The van der Waals surface area contributed by atoms with Gasteiger partial charge in [0.15, 0.2) is 5.82 Å². The van der Waals surface area contributed by atoms with E-state index in [4.69, 9.17) is 4.42 Å². The van der Waals surface area contributed by atoms with Crippen LogP contribution in [0.25, 0.3) is 11.4 Å². The highest BCUT2D eigenvalue weighted by molar-refractivity contribution is 5.94. The molecule has 7 nitrogen and oxygen atoms in total. The second kappa shape index (κ2) is 6.52. The van der Waals surface area contributed by atoms with E-state index in [1.165, 1.54) is 6.26 Å². The number of aromatic amines is 1. The van der Waals surface area contributed by atoms with Gasteiger partial charge in [-0.1, -0.05) is 12.1 Å². The van der Waals surface area contributed by atoms with Crippen LogP contribution in [0.5, 0.6) is 0 Å². The van der Waals surface area contributed by atoms with E-state index in [1.807, 2.05) is 12.1 Å². The molecule has 1 aliphatic rings. The molecular formula is C18H18N4O3. The first-order chi connectivity index (χ1) is 12.2. The third-order valence-electron chi connectivity index (χ3n) is 4.20. The first kappa shape index (κ1) is 15.6. The Morgan fingerprint density at radius 2 is 2.12 bits per heavy atom. The highest BCUT2D eigenvalue weighted by Crippen LogP contribution is 2.38. The summed E-state index contributed by atoms with van der Waals surface area (Å²) >= 11 is 0. The lowest BCUT2D eigenvalue weighted by atomic mass is 10.1. The fraction of sp³-hybridized carbons (Fsp3) is 0.278. The number of rotatable bonds is 6. The zero-order chi connectivity index (χ0) is 17.2. The van der Waals surface area contributed by atoms with Crippen molar-refractivity contribution in [1.29, 1.82) is 0 Å². The summed E-state index contributed by atoms with van der Waals surface area (Å²) in [6, 6.07) is 10.4. The molecule has 3 N–H and O–H groups in total. The summed E-state index contributed by atoms with van der Waals surface area (Å²) in [7, 11) is 0. The van der Waals surface area contributed by atoms with Crippen LogP contribution in [0.1, 0.15) is 46.8 Å². The molecule has 1 aromatic carbocycles. The number of H-pyrrole nitrogens is 1. The predicted molar refractivity (Wildman–Crippen MR) is 89.8 cm³/mol. The van der Waals surface area contributed by atoms with E-state index in [1.54, 1.807) is 24.3 Å². The van der Waals surface area contributed by atoms with Crippen molar-refractivity contribution in [2.24, 2.45) is 0 Å². The average molecular weight is 338 g/mol. The molecular weight excluding hydrogens is 320 g/mol. The van der Waals surface area contributed by atoms with Crippen molar-refractivity contribution in [1.82, 2.24) is 20.5 Å². The largest absolute Gasteiger partial charge is 0.467 e. The van der Waals surface area contributed by atoms with Gasteiger partial charge in [0, 0.05) is 17.0 Å². The van der Waals surface area contributed by atoms with E-state index in [0.717, 1.165) is 24.2 Å². The number of hydrogen-bond acceptors (Lipinski definition) is 5. The first-order valence-corrected chi connectivity index (χ1v) is 8.23. The summed E-state index contributed by atoms with van der Waals surface area (Å²) in [6.07, 6.45) is 2.94. The van der Waals surface area contributed by atoms with Crippen LogP contribution in [0.4, 0.5) is 0 Å². The van der Waals surface area contributed by atoms with Gasteiger partial charge in [-0.2, -0.15) is 5.10 Å². The third-order valence-corrected chi connectivity index (χ3v) is 4.20. The monoisotopic (exact) mass is 338 g/mol. The number of carbonyl (C=O) groups is 1. The number of nitrogens with zero attached hydrogens (tertiary/aromatic N) is 2. The smallest absolute Gasteiger partial charge is 0.251 e. The maximum atomic E-state index is 12.2. The number of hydrogen-bond donors (Lipinski definition) is 3. The summed E-state index contributed by atoms with van der Waals surface area (Å²) in [5.74, 6) is 2.26. The molecule has 1 unspecified atom stereocenters. The molecule has 0 bridgehead atoms. The fourth-order valence-corrected chi connectivity index (χ4v) is 2.59. The number of benzene rings is 1. The maximum absolute atomic E-state index is 12.2. The minimum Gasteiger partial charge on any atom is -0.467 e. The highest BCUT2D eigenvalue weighted by atomic mass is 16.4. The lowest BCUT2D eigenvalue weighted by molar-refractivity contribution is 0.0901. The van der Waals surface area contributed by atoms with Gasteiger partial charge < -0.3 is 14.8 Å². The Morgan fingerprint density at radius 1 is 1.32 bits per heavy atom. The molecule has 1 atom stereocenters. The van der Waals surface area contributed by atoms with E-state index < -0.39 is 6.10 Å². The van der Waals surface area contributed by atoms with Gasteiger partial charge in [0.05, 0.1) is 12.8 Å². The molecule has 128 valence electrons. The van der Waals surface area contributed by atoms with E-state index in [-0.39, 0.29) is 12.5 Å². The van der Waals surface area contributed by atoms with Crippen LogP contribution in [0.3, 0.4) is 0 Å². The van der Waals surface area contributed by atoms with Crippen LogP contribution in [0.15, 0.2) is 47.1 Å². The molecule has 2 heterocycles. The topological polar surface area (TPSA) is 104 Å². The molecule has 1 amide bonds. The second-order valence-corrected chi connectivity index (χ2v) is 6.14. The van der Waals surface area contributed by atoms with Crippen LogP contribution in [-0.4, -0.2) is 32.7 Å². The molecule has 1 fully saturated rings. The molecule has 0 aliphatic heterocycles. The van der Waals surface area contributed by atoms with Gasteiger partial charge in [-0.05, 0) is 37.1 Å². The Balaban J connectivity index is 1.38. The zero-order valence-corrected chi connectivity index (χ0v) is 13.5. The van der Waals surface area contributed by atoms with Crippen LogP contribution in [0.2, 0.25) is 0 Å². The molecule has 7 heteroatoms. The summed E-state index contributed by atoms with van der Waals surface area (Å²) in [6.45, 7) is 0.0831. The summed E-state index contributed by atoms with van der Waals surface area (Å²) < 4.78 is 5.10. The van der Waals surface area contributed by atoms with Gasteiger partial charge in [-0.15, -0.1) is 0 Å². The summed E-state index contributed by atoms with van der Waals surface area (Å²) in [5, 5.41) is 19.8. The Labute approximate surface area is 144 Å². The van der Waals surface area contributed by atoms with Gasteiger partial charge in [0.25, 0.3) is 5.91 Å². The number of furan rings is 1. The van der Waals surface area contributed by atoms with Crippen molar-refractivity contribution < 1.29 is 14.3 Å². The molecule has 0 spiro atoms. The van der Waals surface area contributed by atoms with Gasteiger partial charge in [0.1, 0.15) is 17.7 Å². The minimum absolute atomic E-state index is 0.0831. The maximum Gasteiger partial charge on any atom is 0.251 e. The average Bonchev–Trinajstić information content (AvgIpc) is 3.14.